The third-order valence-corrected chi connectivity index (χ3v) is 10.1. The Morgan fingerprint density at radius 3 is 2.32 bits per heavy atom. The van der Waals surface area contributed by atoms with Crippen LogP contribution >= 0.6 is 0 Å². The number of aliphatic hydroxyl groups excluding tert-OH is 1. The fourth-order valence-corrected chi connectivity index (χ4v) is 9.15. The van der Waals surface area contributed by atoms with Gasteiger partial charge in [0.2, 0.25) is 0 Å². The van der Waals surface area contributed by atoms with E-state index in [0.717, 1.165) is 6.42 Å². The number of carboxylic acids is 1. The molecule has 0 aromatic carbocycles. The number of fused-ring (bicyclic) bond motifs is 1. The normalized spacial score (nSPS) is 45.7. The minimum atomic E-state index is -4.24. The molecule has 7 rings (SSSR count). The summed E-state index contributed by atoms with van der Waals surface area (Å²) in [6.07, 6.45) is -0.254. The first-order valence-electron chi connectivity index (χ1n) is 13.2. The predicted octanol–water partition coefficient (Wildman–Crippen LogP) is 2.32. The fraction of sp³-hybridized carbons (Fsp3) is 0.846. The van der Waals surface area contributed by atoms with Crippen LogP contribution in [0, 0.1) is 46.8 Å². The second-order valence-electron chi connectivity index (χ2n) is 12.9. The Bertz CT molecular complexity index is 1040. The SMILES string of the molecule is CC(C)C(OC(=O)C12CC3CC(CC(OC(=O)C4C5CC6C(OC(=O)C64)C5O)(C3)C1)C2)C(F)(F)C(=O)O. The number of rotatable bonds is 7. The molecular weight excluding hydrogens is 494 g/mol. The monoisotopic (exact) mass is 526 g/mol. The van der Waals surface area contributed by atoms with Crippen molar-refractivity contribution in [3.05, 3.63) is 0 Å². The summed E-state index contributed by atoms with van der Waals surface area (Å²) in [5, 5.41) is 19.6. The lowest BCUT2D eigenvalue weighted by Gasteiger charge is -2.60. The molecule has 1 saturated heterocycles. The molecule has 6 aliphatic carbocycles. The van der Waals surface area contributed by atoms with Gasteiger partial charge in [0.1, 0.15) is 11.7 Å². The number of carbonyl (C=O) groups excluding carboxylic acids is 3. The van der Waals surface area contributed by atoms with Crippen molar-refractivity contribution in [3.63, 3.8) is 0 Å². The number of carboxylic acid groups (broad SMARTS) is 1. The Morgan fingerprint density at radius 2 is 1.73 bits per heavy atom. The summed E-state index contributed by atoms with van der Waals surface area (Å²) in [5.41, 5.74) is -2.13. The van der Waals surface area contributed by atoms with Gasteiger partial charge >= 0.3 is 29.8 Å². The van der Waals surface area contributed by atoms with Crippen molar-refractivity contribution in [3.8, 4) is 0 Å². The molecule has 7 aliphatic rings. The molecule has 9 atom stereocenters. The fourth-order valence-electron chi connectivity index (χ4n) is 9.15. The number of halogens is 2. The molecule has 9 unspecified atom stereocenters. The number of aliphatic hydroxyl groups is 1. The van der Waals surface area contributed by atoms with Crippen LogP contribution in [0.15, 0.2) is 0 Å². The van der Waals surface area contributed by atoms with E-state index >= 15 is 0 Å². The van der Waals surface area contributed by atoms with Crippen LogP contribution in [0.3, 0.4) is 0 Å². The van der Waals surface area contributed by atoms with E-state index in [4.69, 9.17) is 19.3 Å². The summed E-state index contributed by atoms with van der Waals surface area (Å²) in [4.78, 5) is 50.6. The zero-order valence-corrected chi connectivity index (χ0v) is 20.7. The first-order valence-corrected chi connectivity index (χ1v) is 13.2. The molecule has 0 amide bonds. The Balaban J connectivity index is 1.23. The zero-order valence-electron chi connectivity index (χ0n) is 20.7. The summed E-state index contributed by atoms with van der Waals surface area (Å²) < 4.78 is 45.6. The average Bonchev–Trinajstić information content (AvgIpc) is 3.39. The van der Waals surface area contributed by atoms with E-state index in [0.29, 0.717) is 32.1 Å². The second-order valence-corrected chi connectivity index (χ2v) is 12.9. The van der Waals surface area contributed by atoms with Crippen molar-refractivity contribution < 1.29 is 52.4 Å². The molecule has 1 aliphatic heterocycles. The van der Waals surface area contributed by atoms with Gasteiger partial charge in [-0.05, 0) is 56.3 Å². The Kier molecular flexibility index (Phi) is 5.31. The molecule has 2 N–H and O–H groups in total. The lowest BCUT2D eigenvalue weighted by atomic mass is 9.48. The van der Waals surface area contributed by atoms with E-state index < -0.39 is 82.8 Å². The van der Waals surface area contributed by atoms with E-state index in [9.17, 15) is 33.1 Å². The zero-order chi connectivity index (χ0) is 26.7. The van der Waals surface area contributed by atoms with Gasteiger partial charge in [0.15, 0.2) is 6.10 Å². The molecule has 0 aromatic rings. The highest BCUT2D eigenvalue weighted by atomic mass is 19.3. The van der Waals surface area contributed by atoms with Crippen LogP contribution in [0.1, 0.15) is 58.8 Å². The minimum Gasteiger partial charge on any atom is -0.477 e. The average molecular weight is 527 g/mol. The maximum Gasteiger partial charge on any atom is 0.378 e. The number of hydrogen-bond donors (Lipinski definition) is 2. The Labute approximate surface area is 212 Å². The van der Waals surface area contributed by atoms with Crippen molar-refractivity contribution >= 4 is 23.9 Å². The van der Waals surface area contributed by atoms with E-state index in [2.05, 4.69) is 0 Å². The van der Waals surface area contributed by atoms with E-state index in [1.807, 2.05) is 0 Å². The highest BCUT2D eigenvalue weighted by molar-refractivity contribution is 5.86. The van der Waals surface area contributed by atoms with Crippen molar-refractivity contribution in [1.82, 2.24) is 0 Å². The highest BCUT2D eigenvalue weighted by Crippen LogP contribution is 2.64. The maximum atomic E-state index is 14.4. The van der Waals surface area contributed by atoms with Gasteiger partial charge in [0, 0.05) is 18.3 Å². The van der Waals surface area contributed by atoms with Crippen LogP contribution in [-0.2, 0) is 33.4 Å². The van der Waals surface area contributed by atoms with Crippen molar-refractivity contribution in [1.29, 1.82) is 0 Å². The predicted molar refractivity (Wildman–Crippen MR) is 118 cm³/mol. The minimum absolute atomic E-state index is 0.0329. The lowest BCUT2D eigenvalue weighted by Crippen LogP contribution is -2.61. The molecular formula is C26H32F2O9. The van der Waals surface area contributed by atoms with E-state index in [1.165, 1.54) is 13.8 Å². The first kappa shape index (κ1) is 25.0. The summed E-state index contributed by atoms with van der Waals surface area (Å²) in [6, 6.07) is 0. The number of esters is 3. The molecule has 7 fully saturated rings. The summed E-state index contributed by atoms with van der Waals surface area (Å²) in [7, 11) is 0. The third-order valence-electron chi connectivity index (χ3n) is 10.1. The Morgan fingerprint density at radius 1 is 1.08 bits per heavy atom. The first-order chi connectivity index (χ1) is 17.3. The molecule has 0 radical (unpaired) electrons. The molecule has 11 heteroatoms. The molecule has 37 heavy (non-hydrogen) atoms. The van der Waals surface area contributed by atoms with Crippen molar-refractivity contribution in [2.45, 2.75) is 88.6 Å². The van der Waals surface area contributed by atoms with Gasteiger partial charge in [-0.1, -0.05) is 13.8 Å². The van der Waals surface area contributed by atoms with Gasteiger partial charge in [-0.25, -0.2) is 4.79 Å². The molecule has 9 nitrogen and oxygen atoms in total. The van der Waals surface area contributed by atoms with Crippen molar-refractivity contribution in [2.24, 2.45) is 46.8 Å². The molecule has 6 saturated carbocycles. The molecule has 1 heterocycles. The van der Waals surface area contributed by atoms with Gasteiger partial charge in [0.05, 0.1) is 23.4 Å². The summed E-state index contributed by atoms with van der Waals surface area (Å²) in [5.74, 6) is -11.4. The highest BCUT2D eigenvalue weighted by Gasteiger charge is 2.70. The smallest absolute Gasteiger partial charge is 0.378 e. The van der Waals surface area contributed by atoms with Crippen LogP contribution in [0.25, 0.3) is 0 Å². The van der Waals surface area contributed by atoms with Gasteiger partial charge in [0.25, 0.3) is 0 Å². The van der Waals surface area contributed by atoms with Crippen LogP contribution in [0.4, 0.5) is 8.78 Å². The van der Waals surface area contributed by atoms with Gasteiger partial charge in [-0.3, -0.25) is 14.4 Å². The number of hydrogen-bond acceptors (Lipinski definition) is 8. The maximum absolute atomic E-state index is 14.4. The van der Waals surface area contributed by atoms with Gasteiger partial charge in [-0.15, -0.1) is 0 Å². The van der Waals surface area contributed by atoms with E-state index in [1.54, 1.807) is 0 Å². The summed E-state index contributed by atoms with van der Waals surface area (Å²) in [6.45, 7) is 2.75. The van der Waals surface area contributed by atoms with Gasteiger partial charge in [-0.2, -0.15) is 8.78 Å². The molecule has 204 valence electrons. The summed E-state index contributed by atoms with van der Waals surface area (Å²) >= 11 is 0. The largest absolute Gasteiger partial charge is 0.477 e. The van der Waals surface area contributed by atoms with Crippen LogP contribution in [-0.4, -0.2) is 63.9 Å². The van der Waals surface area contributed by atoms with Crippen LogP contribution in [0.5, 0.6) is 0 Å². The van der Waals surface area contributed by atoms with Gasteiger partial charge < -0.3 is 24.4 Å². The van der Waals surface area contributed by atoms with Crippen molar-refractivity contribution in [2.75, 3.05) is 0 Å². The van der Waals surface area contributed by atoms with Crippen LogP contribution in [0.2, 0.25) is 0 Å². The standard InChI is InChI=1S/C26H32F2O9/c1-10(2)19(26(27,28)22(32)33)36-23(34)24-5-11-3-12(6-24)8-25(7-11,9-24)37-21(31)15-13-4-14-16(15)20(30)35-18(14)17(13)29/h10-19,29H,3-9H2,1-2H3,(H,32,33). The number of aliphatic carboxylic acids is 1. The number of ether oxygens (including phenoxy) is 3. The number of carbonyl (C=O) groups is 4. The Hall–Kier alpha value is -2.30. The lowest BCUT2D eigenvalue weighted by molar-refractivity contribution is -0.229. The second kappa shape index (κ2) is 7.86. The molecule has 6 bridgehead atoms. The topological polar surface area (TPSA) is 136 Å². The molecule has 0 aromatic heterocycles. The quantitative estimate of drug-likeness (QED) is 0.378. The van der Waals surface area contributed by atoms with Crippen LogP contribution < -0.4 is 0 Å². The number of alkyl halides is 2. The van der Waals surface area contributed by atoms with E-state index in [-0.39, 0.29) is 24.2 Å². The third kappa shape index (κ3) is 3.48. The molecule has 0 spiro atoms.